The van der Waals surface area contributed by atoms with Crippen molar-refractivity contribution in [2.24, 2.45) is 0 Å². The van der Waals surface area contributed by atoms with E-state index < -0.39 is 0 Å². The van der Waals surface area contributed by atoms with Crippen molar-refractivity contribution in [1.29, 1.82) is 0 Å². The molecular formula is C24H21N3O2. The molecule has 1 N–H and O–H groups in total. The van der Waals surface area contributed by atoms with Crippen LogP contribution in [0.25, 0.3) is 16.6 Å². The molecule has 5 heteroatoms. The molecular weight excluding hydrogens is 362 g/mol. The highest BCUT2D eigenvalue weighted by molar-refractivity contribution is 6.04. The SMILES string of the molecule is CC(C)c1ccc(NC(=O)c2ccc(-n3cnc4ccccc4c3=O)cc2)cc1. The predicted octanol–water partition coefficient (Wildman–Crippen LogP) is 4.76. The van der Waals surface area contributed by atoms with Crippen LogP contribution in [0.3, 0.4) is 0 Å². The Kier molecular flexibility index (Phi) is 4.96. The summed E-state index contributed by atoms with van der Waals surface area (Å²) in [5.74, 6) is 0.248. The first-order valence-corrected chi connectivity index (χ1v) is 9.51. The number of carbonyl (C=O) groups is 1. The van der Waals surface area contributed by atoms with Gasteiger partial charge >= 0.3 is 0 Å². The van der Waals surface area contributed by atoms with Gasteiger partial charge in [0.1, 0.15) is 6.33 Å². The number of para-hydroxylation sites is 1. The minimum atomic E-state index is -0.196. The number of nitrogens with zero attached hydrogens (tertiary/aromatic N) is 2. The zero-order valence-electron chi connectivity index (χ0n) is 16.3. The van der Waals surface area contributed by atoms with Gasteiger partial charge in [0, 0.05) is 11.3 Å². The second kappa shape index (κ2) is 7.72. The maximum absolute atomic E-state index is 12.7. The zero-order valence-corrected chi connectivity index (χ0v) is 16.3. The summed E-state index contributed by atoms with van der Waals surface area (Å²) in [4.78, 5) is 29.6. The maximum atomic E-state index is 12.7. The Labute approximate surface area is 168 Å². The summed E-state index contributed by atoms with van der Waals surface area (Å²) in [6.45, 7) is 4.26. The lowest BCUT2D eigenvalue weighted by atomic mass is 10.0. The highest BCUT2D eigenvalue weighted by atomic mass is 16.1. The highest BCUT2D eigenvalue weighted by Crippen LogP contribution is 2.18. The second-order valence-corrected chi connectivity index (χ2v) is 7.21. The number of anilines is 1. The number of hydrogen-bond donors (Lipinski definition) is 1. The smallest absolute Gasteiger partial charge is 0.265 e. The van der Waals surface area contributed by atoms with Crippen LogP contribution in [0.4, 0.5) is 5.69 Å². The van der Waals surface area contributed by atoms with Crippen LogP contribution in [0.15, 0.2) is 83.9 Å². The lowest BCUT2D eigenvalue weighted by Crippen LogP contribution is -2.19. The third kappa shape index (κ3) is 3.80. The first kappa shape index (κ1) is 18.6. The molecule has 0 atom stereocenters. The van der Waals surface area contributed by atoms with Crippen molar-refractivity contribution in [3.8, 4) is 5.69 Å². The van der Waals surface area contributed by atoms with Crippen LogP contribution in [0.2, 0.25) is 0 Å². The average molecular weight is 383 g/mol. The summed E-state index contributed by atoms with van der Waals surface area (Å²) in [6.07, 6.45) is 1.51. The number of benzene rings is 3. The molecule has 1 aromatic heterocycles. The van der Waals surface area contributed by atoms with Crippen molar-refractivity contribution >= 4 is 22.5 Å². The van der Waals surface area contributed by atoms with Crippen LogP contribution in [-0.2, 0) is 0 Å². The fraction of sp³-hybridized carbons (Fsp3) is 0.125. The molecule has 4 aromatic rings. The molecule has 1 heterocycles. The highest BCUT2D eigenvalue weighted by Gasteiger charge is 2.09. The largest absolute Gasteiger partial charge is 0.322 e. The van der Waals surface area contributed by atoms with E-state index in [1.54, 1.807) is 30.3 Å². The van der Waals surface area contributed by atoms with Crippen molar-refractivity contribution in [2.45, 2.75) is 19.8 Å². The Balaban J connectivity index is 1.55. The fourth-order valence-electron chi connectivity index (χ4n) is 3.18. The third-order valence-corrected chi connectivity index (χ3v) is 4.91. The quantitative estimate of drug-likeness (QED) is 0.552. The topological polar surface area (TPSA) is 64.0 Å². The Morgan fingerprint density at radius 1 is 0.931 bits per heavy atom. The summed E-state index contributed by atoms with van der Waals surface area (Å²) in [7, 11) is 0. The van der Waals surface area contributed by atoms with E-state index in [2.05, 4.69) is 24.1 Å². The van der Waals surface area contributed by atoms with Gasteiger partial charge in [-0.25, -0.2) is 4.98 Å². The summed E-state index contributed by atoms with van der Waals surface area (Å²) in [6, 6.07) is 22.0. The molecule has 1 amide bonds. The van der Waals surface area contributed by atoms with E-state index in [0.717, 1.165) is 5.69 Å². The lowest BCUT2D eigenvalue weighted by Gasteiger charge is -2.10. The Morgan fingerprint density at radius 3 is 2.31 bits per heavy atom. The number of nitrogens with one attached hydrogen (secondary N) is 1. The molecule has 29 heavy (non-hydrogen) atoms. The van der Waals surface area contributed by atoms with Crippen LogP contribution < -0.4 is 10.9 Å². The minimum absolute atomic E-state index is 0.141. The van der Waals surface area contributed by atoms with Crippen molar-refractivity contribution < 1.29 is 4.79 Å². The molecule has 0 saturated carbocycles. The number of carbonyl (C=O) groups excluding carboxylic acids is 1. The molecule has 0 fully saturated rings. The molecule has 5 nitrogen and oxygen atoms in total. The van der Waals surface area contributed by atoms with E-state index in [9.17, 15) is 9.59 Å². The molecule has 144 valence electrons. The molecule has 0 saturated heterocycles. The first-order valence-electron chi connectivity index (χ1n) is 9.51. The molecule has 0 aliphatic rings. The van der Waals surface area contributed by atoms with Crippen molar-refractivity contribution in [3.05, 3.63) is 101 Å². The van der Waals surface area contributed by atoms with Gasteiger partial charge in [-0.05, 0) is 60.0 Å². The van der Waals surface area contributed by atoms with E-state index in [-0.39, 0.29) is 11.5 Å². The fourth-order valence-corrected chi connectivity index (χ4v) is 3.18. The minimum Gasteiger partial charge on any atom is -0.322 e. The van der Waals surface area contributed by atoms with Gasteiger partial charge in [0.05, 0.1) is 16.6 Å². The van der Waals surface area contributed by atoms with Gasteiger partial charge in [-0.1, -0.05) is 38.1 Å². The van der Waals surface area contributed by atoms with Gasteiger partial charge in [0.25, 0.3) is 11.5 Å². The van der Waals surface area contributed by atoms with Gasteiger partial charge in [0.15, 0.2) is 0 Å². The van der Waals surface area contributed by atoms with Crippen molar-refractivity contribution in [3.63, 3.8) is 0 Å². The van der Waals surface area contributed by atoms with Crippen LogP contribution in [0, 0.1) is 0 Å². The Morgan fingerprint density at radius 2 is 1.62 bits per heavy atom. The van der Waals surface area contributed by atoms with Gasteiger partial charge in [-0.3, -0.25) is 14.2 Å². The zero-order chi connectivity index (χ0) is 20.4. The van der Waals surface area contributed by atoms with Crippen molar-refractivity contribution in [2.75, 3.05) is 5.32 Å². The first-order chi connectivity index (χ1) is 14.0. The van der Waals surface area contributed by atoms with Crippen LogP contribution in [0.5, 0.6) is 0 Å². The van der Waals surface area contributed by atoms with Crippen LogP contribution in [0.1, 0.15) is 35.7 Å². The van der Waals surface area contributed by atoms with Crippen LogP contribution in [-0.4, -0.2) is 15.5 Å². The molecule has 0 unspecified atom stereocenters. The summed E-state index contributed by atoms with van der Waals surface area (Å²) in [5.41, 5.74) is 3.67. The van der Waals surface area contributed by atoms with E-state index in [4.69, 9.17) is 0 Å². The van der Waals surface area contributed by atoms with Gasteiger partial charge in [-0.15, -0.1) is 0 Å². The van der Waals surface area contributed by atoms with E-state index in [0.29, 0.717) is 28.1 Å². The van der Waals surface area contributed by atoms with E-state index in [1.165, 1.54) is 16.5 Å². The Hall–Kier alpha value is -3.73. The van der Waals surface area contributed by atoms with Crippen LogP contribution >= 0.6 is 0 Å². The summed E-state index contributed by atoms with van der Waals surface area (Å²) >= 11 is 0. The molecule has 0 bridgehead atoms. The number of fused-ring (bicyclic) bond motifs is 1. The standard InChI is InChI=1S/C24H21N3O2/c1-16(2)17-7-11-19(12-8-17)26-23(28)18-9-13-20(14-10-18)27-15-25-22-6-4-3-5-21(22)24(27)29/h3-16H,1-2H3,(H,26,28). The number of rotatable bonds is 4. The third-order valence-electron chi connectivity index (χ3n) is 4.91. The summed E-state index contributed by atoms with van der Waals surface area (Å²) < 4.78 is 1.48. The molecule has 0 radical (unpaired) electrons. The number of amides is 1. The van der Waals surface area contributed by atoms with Crippen molar-refractivity contribution in [1.82, 2.24) is 9.55 Å². The average Bonchev–Trinajstić information content (AvgIpc) is 2.75. The molecule has 0 aliphatic heterocycles. The lowest BCUT2D eigenvalue weighted by molar-refractivity contribution is 0.102. The monoisotopic (exact) mass is 383 g/mol. The second-order valence-electron chi connectivity index (χ2n) is 7.21. The van der Waals surface area contributed by atoms with Gasteiger partial charge < -0.3 is 5.32 Å². The maximum Gasteiger partial charge on any atom is 0.265 e. The normalized spacial score (nSPS) is 11.0. The van der Waals surface area contributed by atoms with Gasteiger partial charge in [-0.2, -0.15) is 0 Å². The number of aromatic nitrogens is 2. The van der Waals surface area contributed by atoms with Gasteiger partial charge in [0.2, 0.25) is 0 Å². The molecule has 0 aliphatic carbocycles. The number of hydrogen-bond acceptors (Lipinski definition) is 3. The predicted molar refractivity (Wildman–Crippen MR) is 116 cm³/mol. The summed E-state index contributed by atoms with van der Waals surface area (Å²) in [5, 5.41) is 3.46. The molecule has 4 rings (SSSR count). The Bertz CT molecular complexity index is 1220. The van der Waals surface area contributed by atoms with E-state index in [1.807, 2.05) is 42.5 Å². The van der Waals surface area contributed by atoms with E-state index >= 15 is 0 Å². The molecule has 3 aromatic carbocycles. The molecule has 0 spiro atoms.